The van der Waals surface area contributed by atoms with Crippen LogP contribution >= 0.6 is 0 Å². The third kappa shape index (κ3) is 1.75. The quantitative estimate of drug-likeness (QED) is 0.410. The minimum absolute atomic E-state index is 0.0598. The number of aromatic amines is 1. The number of aromatic nitrogens is 1. The van der Waals surface area contributed by atoms with E-state index in [0.29, 0.717) is 22.0 Å². The molecule has 0 saturated heterocycles. The highest BCUT2D eigenvalue weighted by Gasteiger charge is 2.08. The predicted octanol–water partition coefficient (Wildman–Crippen LogP) is 2.96. The lowest BCUT2D eigenvalue weighted by Crippen LogP contribution is -2.04. The van der Waals surface area contributed by atoms with Gasteiger partial charge in [0.25, 0.3) is 0 Å². The van der Waals surface area contributed by atoms with E-state index in [9.17, 15) is 9.59 Å². The number of hydrogen-bond acceptors (Lipinski definition) is 3. The molecule has 0 fully saturated rings. The normalized spacial score (nSPS) is 10.6. The lowest BCUT2D eigenvalue weighted by Gasteiger charge is -2.05. The summed E-state index contributed by atoms with van der Waals surface area (Å²) in [5.74, 6) is 0. The van der Waals surface area contributed by atoms with E-state index >= 15 is 0 Å². The molecule has 0 spiro atoms. The third-order valence-corrected chi connectivity index (χ3v) is 3.13. The van der Waals surface area contributed by atoms with E-state index in [0.717, 1.165) is 11.1 Å². The number of benzene rings is 2. The Morgan fingerprint density at radius 2 is 2.00 bits per heavy atom. The Balaban J connectivity index is 2.57. The number of para-hydroxylation sites is 1. The van der Waals surface area contributed by atoms with Gasteiger partial charge in [0.1, 0.15) is 5.69 Å². The molecular weight excluding hydrogens is 240 g/mol. The van der Waals surface area contributed by atoms with Crippen molar-refractivity contribution in [3.63, 3.8) is 0 Å². The van der Waals surface area contributed by atoms with E-state index in [1.54, 1.807) is 18.2 Å². The summed E-state index contributed by atoms with van der Waals surface area (Å²) in [4.78, 5) is 29.6. The minimum Gasteiger partial charge on any atom is -0.353 e. The van der Waals surface area contributed by atoms with Gasteiger partial charge >= 0.3 is 0 Å². The molecule has 1 aromatic heterocycles. The summed E-state index contributed by atoms with van der Waals surface area (Å²) in [6, 6.07) is 10.7. The first-order chi connectivity index (χ1) is 9.20. The zero-order chi connectivity index (χ0) is 13.4. The van der Waals surface area contributed by atoms with E-state index in [-0.39, 0.29) is 5.43 Å². The molecule has 92 valence electrons. The van der Waals surface area contributed by atoms with Crippen molar-refractivity contribution < 1.29 is 4.79 Å². The maximum Gasteiger partial charge on any atom is 0.240 e. The number of fused-ring (bicyclic) bond motifs is 2. The molecule has 0 aliphatic rings. The Hall–Kier alpha value is -2.71. The molecule has 19 heavy (non-hydrogen) atoms. The third-order valence-electron chi connectivity index (χ3n) is 3.13. The standard InChI is InChI=1S/C15H10N2O2/c1-9-5-6-12-11(7-9)15(19)10-3-2-4-13(16-8-18)14(10)17-12/h2-7H,1H3,(H,17,19). The first kappa shape index (κ1) is 11.4. The van der Waals surface area contributed by atoms with Gasteiger partial charge in [0, 0.05) is 16.3 Å². The van der Waals surface area contributed by atoms with Crippen molar-refractivity contribution in [3.8, 4) is 0 Å². The molecule has 0 amide bonds. The molecule has 2 aromatic carbocycles. The second-order valence-electron chi connectivity index (χ2n) is 4.41. The van der Waals surface area contributed by atoms with Gasteiger partial charge in [-0.1, -0.05) is 17.7 Å². The Morgan fingerprint density at radius 1 is 1.16 bits per heavy atom. The summed E-state index contributed by atoms with van der Waals surface area (Å²) < 4.78 is 0. The molecule has 4 nitrogen and oxygen atoms in total. The van der Waals surface area contributed by atoms with Crippen LogP contribution in [0, 0.1) is 6.92 Å². The van der Waals surface area contributed by atoms with Crippen LogP contribution in [0.15, 0.2) is 46.2 Å². The molecule has 4 heteroatoms. The van der Waals surface area contributed by atoms with Gasteiger partial charge < -0.3 is 4.98 Å². The molecule has 0 aliphatic carbocycles. The van der Waals surface area contributed by atoms with Crippen molar-refractivity contribution in [1.82, 2.24) is 4.98 Å². The highest BCUT2D eigenvalue weighted by atomic mass is 16.1. The average molecular weight is 250 g/mol. The lowest BCUT2D eigenvalue weighted by atomic mass is 10.1. The summed E-state index contributed by atoms with van der Waals surface area (Å²) in [5, 5.41) is 1.16. The topological polar surface area (TPSA) is 62.3 Å². The first-order valence-corrected chi connectivity index (χ1v) is 5.84. The molecule has 0 radical (unpaired) electrons. The van der Waals surface area contributed by atoms with Gasteiger partial charge in [0.2, 0.25) is 6.08 Å². The molecule has 0 aliphatic heterocycles. The van der Waals surface area contributed by atoms with Crippen molar-refractivity contribution in [2.24, 2.45) is 4.99 Å². The summed E-state index contributed by atoms with van der Waals surface area (Å²) in [6.07, 6.45) is 1.51. The van der Waals surface area contributed by atoms with Crippen LogP contribution in [0.3, 0.4) is 0 Å². The van der Waals surface area contributed by atoms with Gasteiger partial charge in [0.15, 0.2) is 5.43 Å². The highest BCUT2D eigenvalue weighted by molar-refractivity contribution is 5.97. The highest BCUT2D eigenvalue weighted by Crippen LogP contribution is 2.24. The summed E-state index contributed by atoms with van der Waals surface area (Å²) in [5.41, 5.74) is 2.69. The molecule has 3 rings (SSSR count). The maximum absolute atomic E-state index is 12.4. The number of pyridine rings is 1. The Labute approximate surface area is 108 Å². The van der Waals surface area contributed by atoms with Crippen molar-refractivity contribution in [1.29, 1.82) is 0 Å². The van der Waals surface area contributed by atoms with Gasteiger partial charge in [-0.15, -0.1) is 0 Å². The van der Waals surface area contributed by atoms with E-state index < -0.39 is 0 Å². The number of aryl methyl sites for hydroxylation is 1. The molecular formula is C15H10N2O2. The SMILES string of the molecule is Cc1ccc2[nH]c3c(N=C=O)cccc3c(=O)c2c1. The zero-order valence-corrected chi connectivity index (χ0v) is 10.2. The van der Waals surface area contributed by atoms with Crippen LogP contribution in [0.25, 0.3) is 21.8 Å². The molecule has 0 atom stereocenters. The number of hydrogen-bond donors (Lipinski definition) is 1. The number of H-pyrrole nitrogens is 1. The van der Waals surface area contributed by atoms with Gasteiger partial charge in [0.05, 0.1) is 5.52 Å². The number of nitrogens with one attached hydrogen (secondary N) is 1. The summed E-state index contributed by atoms with van der Waals surface area (Å²) in [6.45, 7) is 1.94. The van der Waals surface area contributed by atoms with E-state index in [1.165, 1.54) is 6.08 Å². The van der Waals surface area contributed by atoms with Crippen LogP contribution in [0.2, 0.25) is 0 Å². The van der Waals surface area contributed by atoms with Crippen molar-refractivity contribution >= 4 is 33.6 Å². The van der Waals surface area contributed by atoms with Crippen LogP contribution in [0.5, 0.6) is 0 Å². The van der Waals surface area contributed by atoms with Gasteiger partial charge in [-0.25, -0.2) is 4.79 Å². The number of isocyanates is 1. The van der Waals surface area contributed by atoms with Crippen LogP contribution in [0.4, 0.5) is 5.69 Å². The smallest absolute Gasteiger partial charge is 0.240 e. The van der Waals surface area contributed by atoms with Crippen LogP contribution in [-0.2, 0) is 4.79 Å². The number of nitrogens with zero attached hydrogens (tertiary/aromatic N) is 1. The van der Waals surface area contributed by atoms with Crippen molar-refractivity contribution in [2.45, 2.75) is 6.92 Å². The molecule has 3 aromatic rings. The number of aliphatic imine (C=N–C) groups is 1. The van der Waals surface area contributed by atoms with E-state index in [2.05, 4.69) is 9.98 Å². The fraction of sp³-hybridized carbons (Fsp3) is 0.0667. The van der Waals surface area contributed by atoms with E-state index in [4.69, 9.17) is 0 Å². The Bertz CT molecular complexity index is 903. The van der Waals surface area contributed by atoms with E-state index in [1.807, 2.05) is 25.1 Å². The number of rotatable bonds is 1. The van der Waals surface area contributed by atoms with Crippen LogP contribution < -0.4 is 5.43 Å². The minimum atomic E-state index is -0.0598. The monoisotopic (exact) mass is 250 g/mol. The van der Waals surface area contributed by atoms with Crippen molar-refractivity contribution in [2.75, 3.05) is 0 Å². The van der Waals surface area contributed by atoms with Crippen molar-refractivity contribution in [3.05, 3.63) is 52.2 Å². The largest absolute Gasteiger partial charge is 0.353 e. The summed E-state index contributed by atoms with van der Waals surface area (Å²) in [7, 11) is 0. The Morgan fingerprint density at radius 3 is 2.79 bits per heavy atom. The molecule has 1 heterocycles. The second kappa shape index (κ2) is 4.19. The average Bonchev–Trinajstić information content (AvgIpc) is 2.41. The fourth-order valence-corrected chi connectivity index (χ4v) is 2.24. The fourth-order valence-electron chi connectivity index (χ4n) is 2.24. The van der Waals surface area contributed by atoms with Crippen LogP contribution in [0.1, 0.15) is 5.56 Å². The second-order valence-corrected chi connectivity index (χ2v) is 4.41. The van der Waals surface area contributed by atoms with Gasteiger partial charge in [-0.3, -0.25) is 4.79 Å². The Kier molecular flexibility index (Phi) is 2.51. The molecule has 0 saturated carbocycles. The van der Waals surface area contributed by atoms with Gasteiger partial charge in [-0.05, 0) is 31.2 Å². The summed E-state index contributed by atoms with van der Waals surface area (Å²) >= 11 is 0. The molecule has 1 N–H and O–H groups in total. The molecule has 0 unspecified atom stereocenters. The van der Waals surface area contributed by atoms with Gasteiger partial charge in [-0.2, -0.15) is 4.99 Å². The lowest BCUT2D eigenvalue weighted by molar-refractivity contribution is 0.565. The van der Waals surface area contributed by atoms with Crippen LogP contribution in [-0.4, -0.2) is 11.1 Å². The zero-order valence-electron chi connectivity index (χ0n) is 10.2. The maximum atomic E-state index is 12.4. The first-order valence-electron chi connectivity index (χ1n) is 5.84. The molecule has 0 bridgehead atoms. The predicted molar refractivity (Wildman–Crippen MR) is 74.6 cm³/mol. The number of carbonyl (C=O) groups excluding carboxylic acids is 1.